The predicted octanol–water partition coefficient (Wildman–Crippen LogP) is 3.34. The standard InChI is InChI=1S/C10H10BrNO3S/c1-6(13)10(11)8-4-3-7(12(14)15)5-9(8)16-2/h3-5,10H,1-2H3. The van der Waals surface area contributed by atoms with Crippen molar-refractivity contribution < 1.29 is 9.72 Å². The highest BCUT2D eigenvalue weighted by Gasteiger charge is 2.18. The minimum absolute atomic E-state index is 0.0239. The van der Waals surface area contributed by atoms with Gasteiger partial charge in [-0.15, -0.1) is 11.8 Å². The number of nitro groups is 1. The van der Waals surface area contributed by atoms with Crippen LogP contribution in [-0.2, 0) is 4.79 Å². The molecule has 4 nitrogen and oxygen atoms in total. The third-order valence-corrected chi connectivity index (χ3v) is 3.99. The summed E-state index contributed by atoms with van der Waals surface area (Å²) in [6.45, 7) is 1.48. The largest absolute Gasteiger partial charge is 0.298 e. The van der Waals surface area contributed by atoms with E-state index in [2.05, 4.69) is 15.9 Å². The zero-order valence-corrected chi connectivity index (χ0v) is 11.2. The number of non-ortho nitro benzene ring substituents is 1. The molecule has 0 aliphatic heterocycles. The van der Waals surface area contributed by atoms with Crippen LogP contribution in [0.1, 0.15) is 17.3 Å². The Bertz CT molecular complexity index is 436. The summed E-state index contributed by atoms with van der Waals surface area (Å²) in [5.74, 6) is -0.0239. The van der Waals surface area contributed by atoms with Crippen LogP contribution in [0, 0.1) is 10.1 Å². The van der Waals surface area contributed by atoms with Gasteiger partial charge in [0.2, 0.25) is 0 Å². The van der Waals surface area contributed by atoms with Crippen LogP contribution in [0.3, 0.4) is 0 Å². The SMILES string of the molecule is CSc1cc([N+](=O)[O-])ccc1C(Br)C(C)=O. The highest BCUT2D eigenvalue weighted by Crippen LogP contribution is 2.34. The highest BCUT2D eigenvalue weighted by atomic mass is 79.9. The van der Waals surface area contributed by atoms with Crippen LogP contribution in [-0.4, -0.2) is 17.0 Å². The van der Waals surface area contributed by atoms with Crippen LogP contribution in [0.15, 0.2) is 23.1 Å². The number of benzene rings is 1. The molecule has 0 radical (unpaired) electrons. The lowest BCUT2D eigenvalue weighted by atomic mass is 10.1. The number of carbonyl (C=O) groups is 1. The summed E-state index contributed by atoms with van der Waals surface area (Å²) in [5, 5.41) is 10.6. The summed E-state index contributed by atoms with van der Waals surface area (Å²) in [4.78, 5) is 21.7. The maximum Gasteiger partial charge on any atom is 0.270 e. The average molecular weight is 304 g/mol. The van der Waals surface area contributed by atoms with Crippen molar-refractivity contribution in [2.75, 3.05) is 6.26 Å². The first kappa shape index (κ1) is 13.2. The molecular weight excluding hydrogens is 294 g/mol. The molecule has 0 N–H and O–H groups in total. The number of nitro benzene ring substituents is 1. The van der Waals surface area contributed by atoms with Crippen molar-refractivity contribution >= 4 is 39.2 Å². The van der Waals surface area contributed by atoms with E-state index in [-0.39, 0.29) is 11.5 Å². The molecule has 0 fully saturated rings. The van der Waals surface area contributed by atoms with Crippen LogP contribution in [0.5, 0.6) is 0 Å². The Kier molecular flexibility index (Phi) is 4.49. The van der Waals surface area contributed by atoms with E-state index in [1.165, 1.54) is 30.8 Å². The van der Waals surface area contributed by atoms with E-state index in [1.807, 2.05) is 6.26 Å². The van der Waals surface area contributed by atoms with Gasteiger partial charge in [0.25, 0.3) is 5.69 Å². The Hall–Kier alpha value is -0.880. The molecule has 0 bridgehead atoms. The Morgan fingerprint density at radius 3 is 2.62 bits per heavy atom. The number of thioether (sulfide) groups is 1. The molecule has 0 aromatic heterocycles. The second-order valence-electron chi connectivity index (χ2n) is 3.16. The highest BCUT2D eigenvalue weighted by molar-refractivity contribution is 9.09. The smallest absolute Gasteiger partial charge is 0.270 e. The number of hydrogen-bond acceptors (Lipinski definition) is 4. The van der Waals surface area contributed by atoms with Crippen LogP contribution in [0.2, 0.25) is 0 Å². The molecule has 1 aromatic rings. The first-order chi connectivity index (χ1) is 7.47. The van der Waals surface area contributed by atoms with Gasteiger partial charge in [0.05, 0.1) is 9.75 Å². The molecule has 1 aromatic carbocycles. The molecule has 0 saturated carbocycles. The number of carbonyl (C=O) groups excluding carboxylic acids is 1. The summed E-state index contributed by atoms with van der Waals surface area (Å²) >= 11 is 4.66. The molecule has 1 unspecified atom stereocenters. The van der Waals surface area contributed by atoms with Gasteiger partial charge >= 0.3 is 0 Å². The van der Waals surface area contributed by atoms with Crippen LogP contribution in [0.4, 0.5) is 5.69 Å². The predicted molar refractivity (Wildman–Crippen MR) is 67.2 cm³/mol. The van der Waals surface area contributed by atoms with Gasteiger partial charge in [-0.3, -0.25) is 14.9 Å². The summed E-state index contributed by atoms with van der Waals surface area (Å²) in [6.07, 6.45) is 1.82. The number of alkyl halides is 1. The fourth-order valence-corrected chi connectivity index (χ4v) is 2.45. The molecule has 0 aliphatic carbocycles. The van der Waals surface area contributed by atoms with Crippen molar-refractivity contribution in [1.82, 2.24) is 0 Å². The minimum atomic E-state index is -0.444. The van der Waals surface area contributed by atoms with Crippen molar-refractivity contribution in [3.05, 3.63) is 33.9 Å². The average Bonchev–Trinajstić information content (AvgIpc) is 2.26. The number of halogens is 1. The second-order valence-corrected chi connectivity index (χ2v) is 4.92. The number of hydrogen-bond donors (Lipinski definition) is 0. The molecule has 86 valence electrons. The van der Waals surface area contributed by atoms with Gasteiger partial charge < -0.3 is 0 Å². The Morgan fingerprint density at radius 2 is 2.19 bits per heavy atom. The zero-order chi connectivity index (χ0) is 12.3. The lowest BCUT2D eigenvalue weighted by Crippen LogP contribution is -2.03. The van der Waals surface area contributed by atoms with Crippen molar-refractivity contribution in [3.63, 3.8) is 0 Å². The first-order valence-corrected chi connectivity index (χ1v) is 6.58. The van der Waals surface area contributed by atoms with Crippen LogP contribution < -0.4 is 0 Å². The molecule has 0 aliphatic rings. The lowest BCUT2D eigenvalue weighted by Gasteiger charge is -2.10. The lowest BCUT2D eigenvalue weighted by molar-refractivity contribution is -0.385. The number of rotatable bonds is 4. The Balaban J connectivity index is 3.21. The van der Waals surface area contributed by atoms with Gasteiger partial charge in [-0.05, 0) is 24.8 Å². The molecule has 1 atom stereocenters. The zero-order valence-electron chi connectivity index (χ0n) is 8.77. The van der Waals surface area contributed by atoms with Gasteiger partial charge in [0, 0.05) is 17.0 Å². The molecule has 0 spiro atoms. The summed E-state index contributed by atoms with van der Waals surface area (Å²) in [7, 11) is 0. The molecule has 16 heavy (non-hydrogen) atoms. The number of nitrogens with zero attached hydrogens (tertiary/aromatic N) is 1. The summed E-state index contributed by atoms with van der Waals surface area (Å²) in [5.41, 5.74) is 0.807. The molecule has 0 amide bonds. The van der Waals surface area contributed by atoms with Crippen LogP contribution >= 0.6 is 27.7 Å². The molecular formula is C10H10BrNO3S. The molecule has 6 heteroatoms. The van der Waals surface area contributed by atoms with Gasteiger partial charge in [0.1, 0.15) is 5.78 Å². The topological polar surface area (TPSA) is 60.2 Å². The van der Waals surface area contributed by atoms with Crippen LogP contribution in [0.25, 0.3) is 0 Å². The van der Waals surface area contributed by atoms with Gasteiger partial charge in [-0.1, -0.05) is 15.9 Å². The number of Topliss-reactive ketones (excluding diaryl/α,β-unsaturated/α-hetero) is 1. The second kappa shape index (κ2) is 5.45. The molecule has 0 saturated heterocycles. The van der Waals surface area contributed by atoms with Crippen molar-refractivity contribution in [1.29, 1.82) is 0 Å². The Morgan fingerprint density at radius 1 is 1.56 bits per heavy atom. The maximum absolute atomic E-state index is 11.2. The molecule has 1 rings (SSSR count). The van der Waals surface area contributed by atoms with Gasteiger partial charge in [0.15, 0.2) is 0 Å². The summed E-state index contributed by atoms with van der Waals surface area (Å²) < 4.78 is 0. The van der Waals surface area contributed by atoms with E-state index < -0.39 is 9.75 Å². The quantitative estimate of drug-likeness (QED) is 0.370. The Labute approximate surface area is 106 Å². The minimum Gasteiger partial charge on any atom is -0.298 e. The summed E-state index contributed by atoms with van der Waals surface area (Å²) in [6, 6.07) is 4.51. The van der Waals surface area contributed by atoms with E-state index >= 15 is 0 Å². The normalized spacial score (nSPS) is 12.2. The fourth-order valence-electron chi connectivity index (χ4n) is 1.24. The van der Waals surface area contributed by atoms with Gasteiger partial charge in [-0.2, -0.15) is 0 Å². The third-order valence-electron chi connectivity index (χ3n) is 2.06. The monoisotopic (exact) mass is 303 g/mol. The molecule has 0 heterocycles. The van der Waals surface area contributed by atoms with Gasteiger partial charge in [-0.25, -0.2) is 0 Å². The van der Waals surface area contributed by atoms with Crippen molar-refractivity contribution in [3.8, 4) is 0 Å². The number of ketones is 1. The van der Waals surface area contributed by atoms with E-state index in [4.69, 9.17) is 0 Å². The third kappa shape index (κ3) is 2.82. The maximum atomic E-state index is 11.2. The first-order valence-electron chi connectivity index (χ1n) is 4.44. The van der Waals surface area contributed by atoms with E-state index in [9.17, 15) is 14.9 Å². The fraction of sp³-hybridized carbons (Fsp3) is 0.300. The van der Waals surface area contributed by atoms with E-state index in [0.717, 1.165) is 10.5 Å². The van der Waals surface area contributed by atoms with Crippen molar-refractivity contribution in [2.24, 2.45) is 0 Å². The van der Waals surface area contributed by atoms with E-state index in [0.29, 0.717) is 0 Å². The van der Waals surface area contributed by atoms with Crippen molar-refractivity contribution in [2.45, 2.75) is 16.6 Å². The van der Waals surface area contributed by atoms with E-state index in [1.54, 1.807) is 6.07 Å².